The lowest BCUT2D eigenvalue weighted by molar-refractivity contribution is -0.122. The lowest BCUT2D eigenvalue weighted by Gasteiger charge is -2.34. The molecule has 2 aliphatic carbocycles. The number of benzene rings is 3. The third kappa shape index (κ3) is 4.75. The maximum Gasteiger partial charge on any atom is 0.407 e. The van der Waals surface area contributed by atoms with Gasteiger partial charge in [-0.25, -0.2) is 9.59 Å². The first kappa shape index (κ1) is 23.3. The Morgan fingerprint density at radius 3 is 2.20 bits per heavy atom. The molecule has 178 valence electrons. The second kappa shape index (κ2) is 9.69. The zero-order valence-electron chi connectivity index (χ0n) is 18.7. The van der Waals surface area contributed by atoms with Crippen molar-refractivity contribution < 1.29 is 24.2 Å². The standard InChI is InChI=1S/C27H23IN2O5/c28-23-10-9-15(26(32)33)13-24(23)30-25(31)16-11-17(12-16)29-27(34)35-14-22-20-7-3-1-5-18(20)19-6-2-4-8-21(19)22/h1-10,13,16-17,22H,11-12,14H2,(H,29,34)(H,30,31)(H,32,33). The number of halogens is 1. The number of fused-ring (bicyclic) bond motifs is 3. The highest BCUT2D eigenvalue weighted by Crippen LogP contribution is 2.44. The normalized spacial score (nSPS) is 18.1. The number of carbonyl (C=O) groups is 3. The molecule has 0 heterocycles. The van der Waals surface area contributed by atoms with Gasteiger partial charge < -0.3 is 20.5 Å². The number of aromatic carboxylic acids is 1. The lowest BCUT2D eigenvalue weighted by Crippen LogP contribution is -2.48. The van der Waals surface area contributed by atoms with Crippen molar-refractivity contribution in [3.05, 3.63) is 87.0 Å². The van der Waals surface area contributed by atoms with Crippen LogP contribution in [-0.2, 0) is 9.53 Å². The van der Waals surface area contributed by atoms with Crippen LogP contribution < -0.4 is 10.6 Å². The first-order valence-corrected chi connectivity index (χ1v) is 12.4. The van der Waals surface area contributed by atoms with Gasteiger partial charge in [0.25, 0.3) is 0 Å². The Morgan fingerprint density at radius 2 is 1.57 bits per heavy atom. The molecule has 35 heavy (non-hydrogen) atoms. The molecule has 0 unspecified atom stereocenters. The van der Waals surface area contributed by atoms with Crippen LogP contribution in [0, 0.1) is 9.49 Å². The monoisotopic (exact) mass is 582 g/mol. The van der Waals surface area contributed by atoms with Crippen molar-refractivity contribution in [2.24, 2.45) is 5.92 Å². The molecule has 5 rings (SSSR count). The van der Waals surface area contributed by atoms with Crippen molar-refractivity contribution in [1.29, 1.82) is 0 Å². The SMILES string of the molecule is O=C(NC1CC(C(=O)Nc2cc(C(=O)O)ccc2I)C1)OCC1c2ccccc2-c2ccccc21. The van der Waals surface area contributed by atoms with Crippen LogP contribution in [0.1, 0.15) is 40.2 Å². The van der Waals surface area contributed by atoms with Crippen molar-refractivity contribution in [3.63, 3.8) is 0 Å². The molecule has 3 aromatic rings. The van der Waals surface area contributed by atoms with E-state index in [0.29, 0.717) is 18.5 Å². The Labute approximate surface area is 216 Å². The highest BCUT2D eigenvalue weighted by molar-refractivity contribution is 14.1. The summed E-state index contributed by atoms with van der Waals surface area (Å²) < 4.78 is 6.34. The molecule has 0 saturated heterocycles. The van der Waals surface area contributed by atoms with Crippen molar-refractivity contribution in [2.75, 3.05) is 11.9 Å². The maximum absolute atomic E-state index is 12.6. The molecule has 3 aromatic carbocycles. The summed E-state index contributed by atoms with van der Waals surface area (Å²) in [6, 6.07) is 20.8. The average Bonchev–Trinajstić information content (AvgIpc) is 3.14. The maximum atomic E-state index is 12.6. The molecule has 0 aliphatic heterocycles. The number of hydrogen-bond donors (Lipinski definition) is 3. The Hall–Kier alpha value is -3.40. The van der Waals surface area contributed by atoms with Gasteiger partial charge in [-0.1, -0.05) is 48.5 Å². The number of amides is 2. The Bertz CT molecular complexity index is 1270. The van der Waals surface area contributed by atoms with E-state index in [1.54, 1.807) is 6.07 Å². The van der Waals surface area contributed by atoms with Gasteiger partial charge in [0, 0.05) is 21.4 Å². The zero-order chi connectivity index (χ0) is 24.5. The molecule has 1 saturated carbocycles. The highest BCUT2D eigenvalue weighted by Gasteiger charge is 2.36. The fourth-order valence-electron chi connectivity index (χ4n) is 4.75. The molecule has 1 fully saturated rings. The zero-order valence-corrected chi connectivity index (χ0v) is 20.8. The van der Waals surface area contributed by atoms with Crippen molar-refractivity contribution in [1.82, 2.24) is 5.32 Å². The molecule has 0 radical (unpaired) electrons. The van der Waals surface area contributed by atoms with Gasteiger partial charge in [0.1, 0.15) is 6.61 Å². The number of carboxylic acids is 1. The smallest absolute Gasteiger partial charge is 0.407 e. The van der Waals surface area contributed by atoms with Crippen LogP contribution in [0.25, 0.3) is 11.1 Å². The van der Waals surface area contributed by atoms with E-state index >= 15 is 0 Å². The number of nitrogens with one attached hydrogen (secondary N) is 2. The third-order valence-corrected chi connectivity index (χ3v) is 7.59. The van der Waals surface area contributed by atoms with E-state index in [-0.39, 0.29) is 36.0 Å². The molecule has 0 atom stereocenters. The lowest BCUT2D eigenvalue weighted by atomic mass is 9.79. The minimum absolute atomic E-state index is 0.00268. The van der Waals surface area contributed by atoms with E-state index in [0.717, 1.165) is 14.7 Å². The van der Waals surface area contributed by atoms with Crippen molar-refractivity contribution in [2.45, 2.75) is 24.8 Å². The number of carbonyl (C=O) groups excluding carboxylic acids is 2. The summed E-state index contributed by atoms with van der Waals surface area (Å²) in [5, 5.41) is 14.8. The molecular weight excluding hydrogens is 559 g/mol. The summed E-state index contributed by atoms with van der Waals surface area (Å²) in [7, 11) is 0. The predicted molar refractivity (Wildman–Crippen MR) is 139 cm³/mol. The fraction of sp³-hybridized carbons (Fsp3) is 0.222. The van der Waals surface area contributed by atoms with Crippen molar-refractivity contribution in [3.8, 4) is 11.1 Å². The number of ether oxygens (including phenoxy) is 1. The molecule has 0 spiro atoms. The number of alkyl carbamates (subject to hydrolysis) is 1. The molecular formula is C27H23IN2O5. The first-order chi connectivity index (χ1) is 16.9. The van der Waals surface area contributed by atoms with Gasteiger partial charge in [0.15, 0.2) is 0 Å². The minimum atomic E-state index is -1.05. The quantitative estimate of drug-likeness (QED) is 0.345. The van der Waals surface area contributed by atoms with Crippen LogP contribution >= 0.6 is 22.6 Å². The van der Waals surface area contributed by atoms with Crippen LogP contribution in [0.15, 0.2) is 66.7 Å². The predicted octanol–water partition coefficient (Wildman–Crippen LogP) is 5.25. The molecule has 0 aromatic heterocycles. The number of carboxylic acid groups (broad SMARTS) is 1. The average molecular weight is 582 g/mol. The first-order valence-electron chi connectivity index (χ1n) is 11.4. The Morgan fingerprint density at radius 1 is 0.943 bits per heavy atom. The van der Waals surface area contributed by atoms with E-state index < -0.39 is 12.1 Å². The largest absolute Gasteiger partial charge is 0.478 e. The number of hydrogen-bond acceptors (Lipinski definition) is 4. The molecule has 7 nitrogen and oxygen atoms in total. The van der Waals surface area contributed by atoms with Crippen LogP contribution in [0.5, 0.6) is 0 Å². The Kier molecular flexibility index (Phi) is 6.46. The van der Waals surface area contributed by atoms with Crippen LogP contribution in [0.4, 0.5) is 10.5 Å². The summed E-state index contributed by atoms with van der Waals surface area (Å²) >= 11 is 2.05. The fourth-order valence-corrected chi connectivity index (χ4v) is 5.22. The van der Waals surface area contributed by atoms with Crippen LogP contribution in [0.2, 0.25) is 0 Å². The summed E-state index contributed by atoms with van der Waals surface area (Å²) in [4.78, 5) is 36.2. The van der Waals surface area contributed by atoms with Gasteiger partial charge in [-0.3, -0.25) is 4.79 Å². The summed E-state index contributed by atoms with van der Waals surface area (Å²) in [6.07, 6.45) is 0.524. The van der Waals surface area contributed by atoms with Crippen LogP contribution in [0.3, 0.4) is 0 Å². The van der Waals surface area contributed by atoms with E-state index in [1.165, 1.54) is 23.3 Å². The molecule has 3 N–H and O–H groups in total. The van der Waals surface area contributed by atoms with Crippen molar-refractivity contribution >= 4 is 46.2 Å². The van der Waals surface area contributed by atoms with Crippen LogP contribution in [-0.4, -0.2) is 35.7 Å². The van der Waals surface area contributed by atoms with E-state index in [9.17, 15) is 14.4 Å². The summed E-state index contributed by atoms with van der Waals surface area (Å²) in [6.45, 7) is 0.245. The summed E-state index contributed by atoms with van der Waals surface area (Å²) in [5.74, 6) is -1.49. The van der Waals surface area contributed by atoms with E-state index in [4.69, 9.17) is 9.84 Å². The van der Waals surface area contributed by atoms with Gasteiger partial charge in [0.05, 0.1) is 11.3 Å². The second-order valence-corrected chi connectivity index (χ2v) is 9.99. The topological polar surface area (TPSA) is 105 Å². The van der Waals surface area contributed by atoms with Gasteiger partial charge in [-0.05, 0) is 75.9 Å². The molecule has 2 amide bonds. The van der Waals surface area contributed by atoms with E-state index in [2.05, 4.69) is 57.5 Å². The number of anilines is 1. The van der Waals surface area contributed by atoms with Gasteiger partial charge in [0.2, 0.25) is 5.91 Å². The third-order valence-electron chi connectivity index (χ3n) is 6.65. The summed E-state index contributed by atoms with van der Waals surface area (Å²) in [5.41, 5.74) is 5.25. The molecule has 2 aliphatic rings. The van der Waals surface area contributed by atoms with Gasteiger partial charge >= 0.3 is 12.1 Å². The second-order valence-electron chi connectivity index (χ2n) is 8.82. The highest BCUT2D eigenvalue weighted by atomic mass is 127. The van der Waals surface area contributed by atoms with Gasteiger partial charge in [-0.2, -0.15) is 0 Å². The Balaban J connectivity index is 1.12. The minimum Gasteiger partial charge on any atom is -0.478 e. The van der Waals surface area contributed by atoms with E-state index in [1.807, 2.05) is 24.3 Å². The molecule has 8 heteroatoms. The van der Waals surface area contributed by atoms with Gasteiger partial charge in [-0.15, -0.1) is 0 Å². The number of rotatable bonds is 6. The molecule has 0 bridgehead atoms.